The zero-order valence-corrected chi connectivity index (χ0v) is 21.2. The fraction of sp³-hybridized carbons (Fsp3) is 0.222. The van der Waals surface area contributed by atoms with Gasteiger partial charge < -0.3 is 19.5 Å². The summed E-state index contributed by atoms with van der Waals surface area (Å²) in [4.78, 5) is 22.8. The van der Waals surface area contributed by atoms with E-state index < -0.39 is 17.6 Å². The van der Waals surface area contributed by atoms with Crippen LogP contribution in [0.2, 0.25) is 0 Å². The third-order valence-electron chi connectivity index (χ3n) is 5.59. The molecule has 1 amide bonds. The molecule has 2 aromatic heterocycles. The summed E-state index contributed by atoms with van der Waals surface area (Å²) in [5, 5.41) is 15.6. The summed E-state index contributed by atoms with van der Waals surface area (Å²) < 4.78 is 52.3. The van der Waals surface area contributed by atoms with Crippen molar-refractivity contribution in [1.82, 2.24) is 20.0 Å². The van der Waals surface area contributed by atoms with E-state index in [0.29, 0.717) is 13.2 Å². The van der Waals surface area contributed by atoms with Crippen molar-refractivity contribution < 1.29 is 27.2 Å². The number of carbonyl (C=O) groups excluding carboxylic acids is 1. The summed E-state index contributed by atoms with van der Waals surface area (Å²) in [6.07, 6.45) is -3.35. The van der Waals surface area contributed by atoms with E-state index in [4.69, 9.17) is 9.26 Å². The Morgan fingerprint density at radius 2 is 1.85 bits per heavy atom. The molecule has 0 bridgehead atoms. The standard InChI is InChI=1S/C27H23F3N6O3/c1-16-33-25(35-39-16)19-8-9-21(22(12-19)27(28,29)30)17-4-6-18(7-5-17)26(37)34-24-13-23(20(14-31)15-32-24)38-11-10-36(2)3/h4-9,12-13,15H,10-11H2,1-3H3,(H,32,34,37). The first kappa shape index (κ1) is 27.3. The Bertz CT molecular complexity index is 1530. The summed E-state index contributed by atoms with van der Waals surface area (Å²) in [6, 6.07) is 12.9. The van der Waals surface area contributed by atoms with Gasteiger partial charge in [0.25, 0.3) is 5.91 Å². The summed E-state index contributed by atoms with van der Waals surface area (Å²) >= 11 is 0. The summed E-state index contributed by atoms with van der Waals surface area (Å²) in [5.41, 5.74) is -0.0823. The number of nitrogens with one attached hydrogen (secondary N) is 1. The number of aryl methyl sites for hydroxylation is 1. The van der Waals surface area contributed by atoms with Gasteiger partial charge in [0.05, 0.1) is 11.8 Å². The molecule has 0 aliphatic heterocycles. The first-order valence-electron chi connectivity index (χ1n) is 11.7. The molecule has 4 rings (SSSR count). The van der Waals surface area contributed by atoms with Gasteiger partial charge in [-0.3, -0.25) is 4.79 Å². The van der Waals surface area contributed by atoms with Crippen molar-refractivity contribution in [2.45, 2.75) is 13.1 Å². The van der Waals surface area contributed by atoms with Crippen molar-refractivity contribution >= 4 is 11.7 Å². The number of benzene rings is 2. The van der Waals surface area contributed by atoms with E-state index in [1.165, 1.54) is 48.7 Å². The zero-order chi connectivity index (χ0) is 28.2. The van der Waals surface area contributed by atoms with Crippen molar-refractivity contribution in [2.75, 3.05) is 32.6 Å². The second-order valence-corrected chi connectivity index (χ2v) is 8.76. The average molecular weight is 537 g/mol. The van der Waals surface area contributed by atoms with Crippen LogP contribution in [-0.2, 0) is 6.18 Å². The van der Waals surface area contributed by atoms with E-state index in [1.54, 1.807) is 6.92 Å². The quantitative estimate of drug-likeness (QED) is 0.327. The minimum Gasteiger partial charge on any atom is -0.491 e. The Kier molecular flexibility index (Phi) is 7.92. The Labute approximate surface area is 221 Å². The molecule has 0 aliphatic rings. The van der Waals surface area contributed by atoms with E-state index in [1.807, 2.05) is 25.1 Å². The predicted molar refractivity (Wildman–Crippen MR) is 136 cm³/mol. The molecule has 39 heavy (non-hydrogen) atoms. The van der Waals surface area contributed by atoms with Gasteiger partial charge in [-0.2, -0.15) is 23.4 Å². The summed E-state index contributed by atoms with van der Waals surface area (Å²) in [5.74, 6) is 0.200. The second-order valence-electron chi connectivity index (χ2n) is 8.76. The summed E-state index contributed by atoms with van der Waals surface area (Å²) in [6.45, 7) is 2.50. The minimum absolute atomic E-state index is 0.0549. The van der Waals surface area contributed by atoms with Gasteiger partial charge >= 0.3 is 6.18 Å². The number of halogens is 3. The number of hydrogen-bond acceptors (Lipinski definition) is 8. The van der Waals surface area contributed by atoms with Crippen LogP contribution in [0.5, 0.6) is 5.75 Å². The molecule has 0 aliphatic carbocycles. The van der Waals surface area contributed by atoms with Gasteiger partial charge in [0.15, 0.2) is 0 Å². The number of hydrogen-bond donors (Lipinski definition) is 1. The smallest absolute Gasteiger partial charge is 0.417 e. The van der Waals surface area contributed by atoms with E-state index in [0.717, 1.165) is 6.07 Å². The molecule has 0 spiro atoms. The fourth-order valence-electron chi connectivity index (χ4n) is 3.62. The van der Waals surface area contributed by atoms with Crippen LogP contribution in [-0.4, -0.2) is 53.2 Å². The van der Waals surface area contributed by atoms with Crippen LogP contribution >= 0.6 is 0 Å². The molecule has 0 unspecified atom stereocenters. The maximum absolute atomic E-state index is 13.9. The molecule has 12 heteroatoms. The zero-order valence-electron chi connectivity index (χ0n) is 21.2. The number of ether oxygens (including phenoxy) is 1. The Morgan fingerprint density at radius 1 is 1.13 bits per heavy atom. The van der Waals surface area contributed by atoms with Crippen LogP contribution in [0.15, 0.2) is 59.3 Å². The molecule has 9 nitrogen and oxygen atoms in total. The third-order valence-corrected chi connectivity index (χ3v) is 5.59. The van der Waals surface area contributed by atoms with Gasteiger partial charge in [-0.25, -0.2) is 4.98 Å². The van der Waals surface area contributed by atoms with Crippen molar-refractivity contribution in [3.05, 3.63) is 77.3 Å². The second kappa shape index (κ2) is 11.3. The van der Waals surface area contributed by atoms with E-state index >= 15 is 0 Å². The number of alkyl halides is 3. The number of rotatable bonds is 8. The first-order chi connectivity index (χ1) is 18.5. The van der Waals surface area contributed by atoms with Crippen molar-refractivity contribution in [1.29, 1.82) is 5.26 Å². The molecule has 0 saturated carbocycles. The highest BCUT2D eigenvalue weighted by atomic mass is 19.4. The lowest BCUT2D eigenvalue weighted by atomic mass is 9.96. The number of amides is 1. The number of nitrogens with zero attached hydrogens (tertiary/aromatic N) is 5. The molecule has 0 fully saturated rings. The lowest BCUT2D eigenvalue weighted by Gasteiger charge is -2.15. The molecule has 1 N–H and O–H groups in total. The fourth-order valence-corrected chi connectivity index (χ4v) is 3.62. The molecule has 0 saturated heterocycles. The van der Waals surface area contributed by atoms with Crippen molar-refractivity contribution in [2.24, 2.45) is 0 Å². The maximum atomic E-state index is 13.9. The van der Waals surface area contributed by atoms with Crippen LogP contribution < -0.4 is 10.1 Å². The molecular formula is C27H23F3N6O3. The van der Waals surface area contributed by atoms with Crippen LogP contribution in [0.3, 0.4) is 0 Å². The highest BCUT2D eigenvalue weighted by Gasteiger charge is 2.34. The third kappa shape index (κ3) is 6.58. The lowest BCUT2D eigenvalue weighted by Crippen LogP contribution is -2.20. The monoisotopic (exact) mass is 536 g/mol. The Morgan fingerprint density at radius 3 is 2.46 bits per heavy atom. The maximum Gasteiger partial charge on any atom is 0.417 e. The van der Waals surface area contributed by atoms with Gasteiger partial charge in [-0.1, -0.05) is 29.4 Å². The lowest BCUT2D eigenvalue weighted by molar-refractivity contribution is -0.137. The van der Waals surface area contributed by atoms with Crippen molar-refractivity contribution in [3.8, 4) is 34.3 Å². The van der Waals surface area contributed by atoms with Crippen LogP contribution in [0.25, 0.3) is 22.5 Å². The van der Waals surface area contributed by atoms with Crippen molar-refractivity contribution in [3.63, 3.8) is 0 Å². The number of aromatic nitrogens is 3. The van der Waals surface area contributed by atoms with Crippen LogP contribution in [0.4, 0.5) is 19.0 Å². The normalized spacial score (nSPS) is 11.3. The number of nitriles is 1. The molecule has 2 heterocycles. The Balaban J connectivity index is 1.54. The number of pyridine rings is 1. The SMILES string of the molecule is Cc1nc(-c2ccc(-c3ccc(C(=O)Nc4cc(OCCN(C)C)c(C#N)cn4)cc3)c(C(F)(F)F)c2)no1. The van der Waals surface area contributed by atoms with Gasteiger partial charge in [-0.05, 0) is 43.4 Å². The molecule has 4 aromatic rings. The number of likely N-dealkylation sites (N-methyl/N-ethyl adjacent to an activating group) is 1. The van der Waals surface area contributed by atoms with Gasteiger partial charge in [-0.15, -0.1) is 0 Å². The number of carbonyl (C=O) groups is 1. The van der Waals surface area contributed by atoms with Gasteiger partial charge in [0.2, 0.25) is 11.7 Å². The van der Waals surface area contributed by atoms with E-state index in [9.17, 15) is 23.2 Å². The summed E-state index contributed by atoms with van der Waals surface area (Å²) in [7, 11) is 3.77. The highest BCUT2D eigenvalue weighted by molar-refractivity contribution is 6.04. The topological polar surface area (TPSA) is 117 Å². The number of anilines is 1. The first-order valence-corrected chi connectivity index (χ1v) is 11.7. The predicted octanol–water partition coefficient (Wildman–Crippen LogP) is 5.19. The molecule has 200 valence electrons. The molecule has 0 atom stereocenters. The van der Waals surface area contributed by atoms with Crippen LogP contribution in [0, 0.1) is 18.3 Å². The van der Waals surface area contributed by atoms with E-state index in [2.05, 4.69) is 20.4 Å². The van der Waals surface area contributed by atoms with Gasteiger partial charge in [0.1, 0.15) is 29.8 Å². The highest BCUT2D eigenvalue weighted by Crippen LogP contribution is 2.39. The molecular weight excluding hydrogens is 513 g/mol. The van der Waals surface area contributed by atoms with Crippen LogP contribution in [0.1, 0.15) is 27.4 Å². The van der Waals surface area contributed by atoms with E-state index in [-0.39, 0.29) is 51.1 Å². The Hall–Kier alpha value is -4.76. The van der Waals surface area contributed by atoms with Gasteiger partial charge in [0, 0.05) is 30.7 Å². The largest absolute Gasteiger partial charge is 0.491 e. The average Bonchev–Trinajstić information content (AvgIpc) is 3.34. The molecule has 2 aromatic carbocycles. The minimum atomic E-state index is -4.65. The molecule has 0 radical (unpaired) electrons.